The summed E-state index contributed by atoms with van der Waals surface area (Å²) in [6.07, 6.45) is 2.36. The molecule has 6 heteroatoms. The summed E-state index contributed by atoms with van der Waals surface area (Å²) in [5, 5.41) is 5.63. The fraction of sp³-hybridized carbons (Fsp3) is 0.550. The van der Waals surface area contributed by atoms with Gasteiger partial charge in [0.1, 0.15) is 0 Å². The molecule has 1 aromatic carbocycles. The van der Waals surface area contributed by atoms with E-state index in [1.165, 1.54) is 19.4 Å². The molecule has 6 nitrogen and oxygen atoms in total. The number of ether oxygens (including phenoxy) is 1. The summed E-state index contributed by atoms with van der Waals surface area (Å²) in [4.78, 5) is 35.8. The SMILES string of the molecule is CC(=O)Nc1cccc(C(=O)OC(C)C(=O)NC2CCCC(C)C2C)c1. The van der Waals surface area contributed by atoms with Crippen LogP contribution in [-0.4, -0.2) is 29.9 Å². The lowest BCUT2D eigenvalue weighted by Gasteiger charge is -2.35. The Morgan fingerprint density at radius 1 is 1.19 bits per heavy atom. The first-order valence-corrected chi connectivity index (χ1v) is 9.17. The molecular weight excluding hydrogens is 332 g/mol. The maximum absolute atomic E-state index is 12.4. The summed E-state index contributed by atoms with van der Waals surface area (Å²) in [7, 11) is 0. The average Bonchev–Trinajstić information content (AvgIpc) is 2.58. The van der Waals surface area contributed by atoms with E-state index in [9.17, 15) is 14.4 Å². The number of rotatable bonds is 5. The maximum Gasteiger partial charge on any atom is 0.338 e. The van der Waals surface area contributed by atoms with E-state index in [4.69, 9.17) is 4.74 Å². The van der Waals surface area contributed by atoms with Gasteiger partial charge in [0, 0.05) is 18.7 Å². The first kappa shape index (κ1) is 19.9. The van der Waals surface area contributed by atoms with Crippen molar-refractivity contribution in [2.45, 2.75) is 59.1 Å². The highest BCUT2D eigenvalue weighted by molar-refractivity contribution is 5.95. The Morgan fingerprint density at radius 2 is 1.92 bits per heavy atom. The number of carbonyl (C=O) groups is 3. The van der Waals surface area contributed by atoms with Crippen molar-refractivity contribution in [1.82, 2.24) is 5.32 Å². The Hall–Kier alpha value is -2.37. The highest BCUT2D eigenvalue weighted by atomic mass is 16.5. The van der Waals surface area contributed by atoms with E-state index >= 15 is 0 Å². The van der Waals surface area contributed by atoms with Crippen molar-refractivity contribution in [3.05, 3.63) is 29.8 Å². The summed E-state index contributed by atoms with van der Waals surface area (Å²) in [6.45, 7) is 7.32. The van der Waals surface area contributed by atoms with E-state index in [-0.39, 0.29) is 23.4 Å². The van der Waals surface area contributed by atoms with Gasteiger partial charge in [0.25, 0.3) is 5.91 Å². The number of nitrogens with one attached hydrogen (secondary N) is 2. The summed E-state index contributed by atoms with van der Waals surface area (Å²) in [6, 6.07) is 6.57. The van der Waals surface area contributed by atoms with Crippen LogP contribution in [0, 0.1) is 11.8 Å². The van der Waals surface area contributed by atoms with Gasteiger partial charge in [-0.05, 0) is 43.4 Å². The van der Waals surface area contributed by atoms with Crippen molar-refractivity contribution >= 4 is 23.5 Å². The van der Waals surface area contributed by atoms with Gasteiger partial charge in [-0.25, -0.2) is 4.79 Å². The third-order valence-corrected chi connectivity index (χ3v) is 5.11. The van der Waals surface area contributed by atoms with Crippen LogP contribution in [0.3, 0.4) is 0 Å². The van der Waals surface area contributed by atoms with Gasteiger partial charge in [-0.1, -0.05) is 32.8 Å². The van der Waals surface area contributed by atoms with Crippen LogP contribution in [0.2, 0.25) is 0 Å². The molecule has 4 atom stereocenters. The third kappa shape index (κ3) is 5.31. The van der Waals surface area contributed by atoms with Gasteiger partial charge in [0.2, 0.25) is 5.91 Å². The summed E-state index contributed by atoms with van der Waals surface area (Å²) in [5.41, 5.74) is 0.796. The van der Waals surface area contributed by atoms with Crippen LogP contribution < -0.4 is 10.6 Å². The second-order valence-electron chi connectivity index (χ2n) is 7.19. The summed E-state index contributed by atoms with van der Waals surface area (Å²) >= 11 is 0. The monoisotopic (exact) mass is 360 g/mol. The fourth-order valence-corrected chi connectivity index (χ4v) is 3.30. The van der Waals surface area contributed by atoms with Crippen molar-refractivity contribution in [3.63, 3.8) is 0 Å². The molecule has 0 aromatic heterocycles. The Morgan fingerprint density at radius 3 is 2.62 bits per heavy atom. The number of esters is 1. The quantitative estimate of drug-likeness (QED) is 0.790. The number of carbonyl (C=O) groups excluding carboxylic acids is 3. The minimum absolute atomic E-state index is 0.121. The number of amides is 2. The molecule has 2 N–H and O–H groups in total. The fourth-order valence-electron chi connectivity index (χ4n) is 3.30. The lowest BCUT2D eigenvalue weighted by Crippen LogP contribution is -2.47. The van der Waals surface area contributed by atoms with Crippen molar-refractivity contribution in [2.75, 3.05) is 5.32 Å². The zero-order valence-corrected chi connectivity index (χ0v) is 15.9. The van der Waals surface area contributed by atoms with Crippen molar-refractivity contribution in [3.8, 4) is 0 Å². The van der Waals surface area contributed by atoms with E-state index in [1.807, 2.05) is 0 Å². The Balaban J connectivity index is 1.93. The predicted octanol–water partition coefficient (Wildman–Crippen LogP) is 3.13. The molecular formula is C20H28N2O4. The van der Waals surface area contributed by atoms with Crippen LogP contribution in [0.1, 0.15) is 57.3 Å². The third-order valence-electron chi connectivity index (χ3n) is 5.11. The topological polar surface area (TPSA) is 84.5 Å². The lowest BCUT2D eigenvalue weighted by molar-refractivity contribution is -0.130. The molecule has 4 unspecified atom stereocenters. The van der Waals surface area contributed by atoms with Gasteiger partial charge in [-0.2, -0.15) is 0 Å². The number of anilines is 1. The van der Waals surface area contributed by atoms with Crippen LogP contribution in [0.5, 0.6) is 0 Å². The molecule has 2 rings (SSSR count). The second-order valence-corrected chi connectivity index (χ2v) is 7.19. The van der Waals surface area contributed by atoms with Crippen LogP contribution in [0.4, 0.5) is 5.69 Å². The van der Waals surface area contributed by atoms with Gasteiger partial charge in [-0.15, -0.1) is 0 Å². The van der Waals surface area contributed by atoms with Gasteiger partial charge in [-0.3, -0.25) is 9.59 Å². The van der Waals surface area contributed by atoms with Crippen LogP contribution in [-0.2, 0) is 14.3 Å². The lowest BCUT2D eigenvalue weighted by atomic mass is 9.78. The highest BCUT2D eigenvalue weighted by Gasteiger charge is 2.30. The van der Waals surface area contributed by atoms with Gasteiger partial charge >= 0.3 is 5.97 Å². The number of hydrogen-bond donors (Lipinski definition) is 2. The molecule has 1 aliphatic rings. The van der Waals surface area contributed by atoms with E-state index in [2.05, 4.69) is 24.5 Å². The molecule has 0 bridgehead atoms. The minimum Gasteiger partial charge on any atom is -0.449 e. The van der Waals surface area contributed by atoms with Crippen LogP contribution >= 0.6 is 0 Å². The van der Waals surface area contributed by atoms with Crippen molar-refractivity contribution in [1.29, 1.82) is 0 Å². The maximum atomic E-state index is 12.4. The molecule has 0 radical (unpaired) electrons. The normalized spacial score (nSPS) is 23.6. The molecule has 1 aliphatic carbocycles. The van der Waals surface area contributed by atoms with Gasteiger partial charge < -0.3 is 15.4 Å². The molecule has 1 aromatic rings. The molecule has 0 heterocycles. The molecule has 0 spiro atoms. The van der Waals surface area contributed by atoms with E-state index in [1.54, 1.807) is 25.1 Å². The van der Waals surface area contributed by atoms with Crippen LogP contribution in [0.25, 0.3) is 0 Å². The number of hydrogen-bond acceptors (Lipinski definition) is 4. The molecule has 1 saturated carbocycles. The van der Waals surface area contributed by atoms with Gasteiger partial charge in [0.05, 0.1) is 5.56 Å². The van der Waals surface area contributed by atoms with E-state index in [0.29, 0.717) is 17.5 Å². The Bertz CT molecular complexity index is 674. The molecule has 142 valence electrons. The second kappa shape index (κ2) is 8.83. The Labute approximate surface area is 154 Å². The van der Waals surface area contributed by atoms with Gasteiger partial charge in [0.15, 0.2) is 6.10 Å². The molecule has 2 amide bonds. The Kier molecular flexibility index (Phi) is 6.77. The average molecular weight is 360 g/mol. The van der Waals surface area contributed by atoms with Crippen molar-refractivity contribution < 1.29 is 19.1 Å². The summed E-state index contributed by atoms with van der Waals surface area (Å²) in [5.74, 6) is -0.111. The molecule has 26 heavy (non-hydrogen) atoms. The zero-order chi connectivity index (χ0) is 19.3. The molecule has 0 saturated heterocycles. The first-order valence-electron chi connectivity index (χ1n) is 9.17. The minimum atomic E-state index is -0.878. The smallest absolute Gasteiger partial charge is 0.338 e. The predicted molar refractivity (Wildman–Crippen MR) is 99.7 cm³/mol. The highest BCUT2D eigenvalue weighted by Crippen LogP contribution is 2.29. The number of benzene rings is 1. The molecule has 0 aliphatic heterocycles. The zero-order valence-electron chi connectivity index (χ0n) is 15.9. The van der Waals surface area contributed by atoms with Crippen LogP contribution in [0.15, 0.2) is 24.3 Å². The van der Waals surface area contributed by atoms with E-state index < -0.39 is 12.1 Å². The standard InChI is InChI=1S/C20H28N2O4/c1-12-7-5-10-18(13(12)2)22-19(24)14(3)26-20(25)16-8-6-9-17(11-16)21-15(4)23/h6,8-9,11-14,18H,5,7,10H2,1-4H3,(H,21,23)(H,22,24). The molecule has 1 fully saturated rings. The van der Waals surface area contributed by atoms with Crippen molar-refractivity contribution in [2.24, 2.45) is 11.8 Å². The summed E-state index contributed by atoms with van der Waals surface area (Å²) < 4.78 is 5.30. The first-order chi connectivity index (χ1) is 12.3. The van der Waals surface area contributed by atoms with E-state index in [0.717, 1.165) is 12.8 Å². The largest absolute Gasteiger partial charge is 0.449 e.